The highest BCUT2D eigenvalue weighted by molar-refractivity contribution is 6.43. The van der Waals surface area contributed by atoms with Crippen LogP contribution in [0, 0.1) is 0 Å². The molecule has 0 aromatic carbocycles. The fraction of sp³-hybridized carbons (Fsp3) is 0.333. The van der Waals surface area contributed by atoms with Crippen molar-refractivity contribution in [1.29, 1.82) is 0 Å². The topological polar surface area (TPSA) is 0 Å². The van der Waals surface area contributed by atoms with Gasteiger partial charge in [0.2, 0.25) is 0 Å². The lowest BCUT2D eigenvalue weighted by Crippen LogP contribution is -1.83. The molecule has 0 unspecified atom stereocenters. The molecule has 0 aliphatic heterocycles. The second-order valence-corrected chi connectivity index (χ2v) is 1.81. The molecule has 1 aliphatic rings. The molecule has 0 fully saturated rings. The molecule has 1 heteroatoms. The van der Waals surface area contributed by atoms with Crippen molar-refractivity contribution < 1.29 is 0 Å². The van der Waals surface area contributed by atoms with E-state index in [-0.39, 0.29) is 0 Å². The van der Waals surface area contributed by atoms with E-state index in [0.717, 1.165) is 0 Å². The Labute approximate surface area is 45.2 Å². The molecule has 0 spiro atoms. The average Bonchev–Trinajstić information content (AvgIpc) is 2.14. The molecule has 7 heavy (non-hydrogen) atoms. The quantitative estimate of drug-likeness (QED) is 0.428. The maximum absolute atomic E-state index is 2.19. The van der Waals surface area contributed by atoms with Gasteiger partial charge in [0, 0.05) is 0 Å². The summed E-state index contributed by atoms with van der Waals surface area (Å²) in [6, 6.07) is 0. The van der Waals surface area contributed by atoms with Crippen molar-refractivity contribution in [1.82, 2.24) is 0 Å². The Kier molecular flexibility index (Phi) is 1.35. The minimum Gasteiger partial charge on any atom is -0.102 e. The molecule has 1 aliphatic carbocycles. The largest absolute Gasteiger partial charge is 0.149 e. The van der Waals surface area contributed by atoms with Crippen LogP contribution in [-0.2, 0) is 0 Å². The molecule has 0 N–H and O–H groups in total. The van der Waals surface area contributed by atoms with Gasteiger partial charge in [0.05, 0.1) is 0 Å². The molecule has 1 rings (SSSR count). The van der Waals surface area contributed by atoms with Crippen LogP contribution < -0.4 is 0 Å². The Morgan fingerprint density at radius 1 is 1.71 bits per heavy atom. The van der Waals surface area contributed by atoms with Gasteiger partial charge < -0.3 is 0 Å². The third-order valence-electron chi connectivity index (χ3n) is 1.30. The minimum atomic E-state index is 1.19. The summed E-state index contributed by atoms with van der Waals surface area (Å²) in [4.78, 5) is 0. The SMILES string of the molecule is CBC1=CC=CC1. The van der Waals surface area contributed by atoms with E-state index in [9.17, 15) is 0 Å². The highest BCUT2D eigenvalue weighted by Crippen LogP contribution is 2.06. The van der Waals surface area contributed by atoms with Gasteiger partial charge in [0.25, 0.3) is 0 Å². The van der Waals surface area contributed by atoms with Crippen LogP contribution in [0.3, 0.4) is 0 Å². The molecule has 0 bridgehead atoms. The Morgan fingerprint density at radius 2 is 2.57 bits per heavy atom. The standard InChI is InChI=1S/C6H9B/c1-7-6-4-2-3-5-6/h2-4,7H,5H2,1H3. The monoisotopic (exact) mass is 92.1 g/mol. The summed E-state index contributed by atoms with van der Waals surface area (Å²) >= 11 is 0. The molecule has 0 aromatic rings. The van der Waals surface area contributed by atoms with Crippen molar-refractivity contribution in [2.24, 2.45) is 0 Å². The molecule has 0 saturated carbocycles. The average molecular weight is 91.9 g/mol. The van der Waals surface area contributed by atoms with E-state index >= 15 is 0 Å². The lowest BCUT2D eigenvalue weighted by Gasteiger charge is -1.86. The van der Waals surface area contributed by atoms with Crippen molar-refractivity contribution in [2.45, 2.75) is 13.2 Å². The number of allylic oxidation sites excluding steroid dienone is 4. The zero-order valence-corrected chi connectivity index (χ0v) is 4.65. The van der Waals surface area contributed by atoms with Crippen LogP contribution in [0.4, 0.5) is 0 Å². The summed E-state index contributed by atoms with van der Waals surface area (Å²) in [6.45, 7) is 2.19. The number of rotatable bonds is 1. The van der Waals surface area contributed by atoms with E-state index < -0.39 is 0 Å². The second-order valence-electron chi connectivity index (χ2n) is 1.81. The minimum absolute atomic E-state index is 1.19. The van der Waals surface area contributed by atoms with Crippen molar-refractivity contribution in [3.8, 4) is 0 Å². The predicted molar refractivity (Wildman–Crippen MR) is 34.9 cm³/mol. The summed E-state index contributed by atoms with van der Waals surface area (Å²) in [5.74, 6) is 0. The van der Waals surface area contributed by atoms with Gasteiger partial charge in [-0.15, -0.1) is 5.47 Å². The molecule has 0 aromatic heterocycles. The van der Waals surface area contributed by atoms with E-state index in [1.54, 1.807) is 5.47 Å². The first kappa shape index (κ1) is 4.70. The highest BCUT2D eigenvalue weighted by Gasteiger charge is 1.93. The molecule has 0 heterocycles. The van der Waals surface area contributed by atoms with Crippen LogP contribution in [0.5, 0.6) is 0 Å². The lowest BCUT2D eigenvalue weighted by molar-refractivity contribution is 1.40. The van der Waals surface area contributed by atoms with Gasteiger partial charge in [-0.1, -0.05) is 25.1 Å². The Morgan fingerprint density at radius 3 is 2.86 bits per heavy atom. The first-order valence-electron chi connectivity index (χ1n) is 2.78. The Balaban J connectivity index is 2.45. The van der Waals surface area contributed by atoms with Crippen LogP contribution in [0.2, 0.25) is 6.82 Å². The summed E-state index contributed by atoms with van der Waals surface area (Å²) < 4.78 is 0. The highest BCUT2D eigenvalue weighted by atomic mass is 13.9. The van der Waals surface area contributed by atoms with E-state index in [1.165, 1.54) is 13.7 Å². The van der Waals surface area contributed by atoms with E-state index in [1.807, 2.05) is 0 Å². The summed E-state index contributed by atoms with van der Waals surface area (Å²) in [5, 5.41) is 0. The van der Waals surface area contributed by atoms with Gasteiger partial charge in [-0.2, -0.15) is 0 Å². The maximum Gasteiger partial charge on any atom is 0.149 e. The van der Waals surface area contributed by atoms with Gasteiger partial charge in [-0.3, -0.25) is 0 Å². The molecular weight excluding hydrogens is 82.9 g/mol. The van der Waals surface area contributed by atoms with Crippen molar-refractivity contribution >= 4 is 7.28 Å². The van der Waals surface area contributed by atoms with Crippen LogP contribution in [0.1, 0.15) is 6.42 Å². The third kappa shape index (κ3) is 0.954. The molecule has 0 radical (unpaired) electrons. The Hall–Kier alpha value is -0.455. The zero-order chi connectivity index (χ0) is 5.11. The molecule has 0 atom stereocenters. The van der Waals surface area contributed by atoms with Gasteiger partial charge in [-0.25, -0.2) is 0 Å². The number of hydrogen-bond acceptors (Lipinski definition) is 0. The maximum atomic E-state index is 2.19. The molecular formula is C6H9B. The van der Waals surface area contributed by atoms with Crippen molar-refractivity contribution in [3.63, 3.8) is 0 Å². The van der Waals surface area contributed by atoms with Crippen LogP contribution in [0.15, 0.2) is 23.7 Å². The van der Waals surface area contributed by atoms with Crippen molar-refractivity contribution in [2.75, 3.05) is 0 Å². The molecule has 0 nitrogen and oxygen atoms in total. The van der Waals surface area contributed by atoms with Crippen LogP contribution in [-0.4, -0.2) is 7.28 Å². The molecule has 0 saturated heterocycles. The summed E-state index contributed by atoms with van der Waals surface area (Å²) in [6.07, 6.45) is 7.70. The predicted octanol–water partition coefficient (Wildman–Crippen LogP) is 1.31. The van der Waals surface area contributed by atoms with E-state index in [2.05, 4.69) is 25.1 Å². The molecule has 36 valence electrons. The first-order chi connectivity index (χ1) is 3.43. The Bertz CT molecular complexity index is 111. The van der Waals surface area contributed by atoms with Crippen LogP contribution in [0.25, 0.3) is 0 Å². The lowest BCUT2D eigenvalue weighted by atomic mass is 9.72. The van der Waals surface area contributed by atoms with Crippen LogP contribution >= 0.6 is 0 Å². The van der Waals surface area contributed by atoms with Gasteiger partial charge in [0.1, 0.15) is 7.28 Å². The molecule has 0 amide bonds. The summed E-state index contributed by atoms with van der Waals surface area (Å²) in [5.41, 5.74) is 1.56. The van der Waals surface area contributed by atoms with Gasteiger partial charge in [-0.05, 0) is 6.42 Å². The summed E-state index contributed by atoms with van der Waals surface area (Å²) in [7, 11) is 1.22. The van der Waals surface area contributed by atoms with Crippen molar-refractivity contribution in [3.05, 3.63) is 23.7 Å². The smallest absolute Gasteiger partial charge is 0.102 e. The zero-order valence-electron chi connectivity index (χ0n) is 4.65. The van der Waals surface area contributed by atoms with Gasteiger partial charge >= 0.3 is 0 Å². The van der Waals surface area contributed by atoms with E-state index in [0.29, 0.717) is 0 Å². The fourth-order valence-corrected chi connectivity index (χ4v) is 0.754. The van der Waals surface area contributed by atoms with Gasteiger partial charge in [0.15, 0.2) is 0 Å². The first-order valence-corrected chi connectivity index (χ1v) is 2.78. The third-order valence-corrected chi connectivity index (χ3v) is 1.30. The number of hydrogen-bond donors (Lipinski definition) is 0. The second kappa shape index (κ2) is 2.01. The van der Waals surface area contributed by atoms with E-state index in [4.69, 9.17) is 0 Å². The normalized spacial score (nSPS) is 17.0. The fourth-order valence-electron chi connectivity index (χ4n) is 0.754.